The molecule has 4 unspecified atom stereocenters. The number of carboxylic acid groups (broad SMARTS) is 1. The number of fused-ring (bicyclic) bond motifs is 1. The molecule has 1 fully saturated rings. The molecule has 17 heavy (non-hydrogen) atoms. The van der Waals surface area contributed by atoms with Crippen LogP contribution in [0.25, 0.3) is 0 Å². The van der Waals surface area contributed by atoms with Gasteiger partial charge in [-0.2, -0.15) is 0 Å². The molecule has 1 saturated heterocycles. The van der Waals surface area contributed by atoms with Crippen molar-refractivity contribution in [1.29, 1.82) is 0 Å². The van der Waals surface area contributed by atoms with Crippen LogP contribution in [0.3, 0.4) is 0 Å². The van der Waals surface area contributed by atoms with Gasteiger partial charge in [-0.3, -0.25) is 9.00 Å². The van der Waals surface area contributed by atoms with Gasteiger partial charge in [-0.15, -0.1) is 0 Å². The van der Waals surface area contributed by atoms with Gasteiger partial charge in [0.15, 0.2) is 5.96 Å². The topological polar surface area (TPSA) is 105 Å². The van der Waals surface area contributed by atoms with E-state index >= 15 is 0 Å². The van der Waals surface area contributed by atoms with Crippen molar-refractivity contribution >= 4 is 22.7 Å². The highest BCUT2D eigenvalue weighted by Crippen LogP contribution is 2.27. The van der Waals surface area contributed by atoms with Crippen LogP contribution in [0.4, 0.5) is 0 Å². The number of nitrogens with one attached hydrogen (secondary N) is 1. The number of unbranched alkanes of at least 4 members (excludes halogenated alkanes) is 1. The molecule has 0 aliphatic carbocycles. The molecular weight excluding hydrogens is 242 g/mol. The van der Waals surface area contributed by atoms with E-state index in [4.69, 9.17) is 10.8 Å². The van der Waals surface area contributed by atoms with E-state index in [1.54, 1.807) is 0 Å². The lowest BCUT2D eigenvalue weighted by molar-refractivity contribution is -0.137. The van der Waals surface area contributed by atoms with Gasteiger partial charge in [0, 0.05) is 23.0 Å². The van der Waals surface area contributed by atoms with Gasteiger partial charge in [0.25, 0.3) is 0 Å². The predicted octanol–water partition coefficient (Wildman–Crippen LogP) is -0.583. The SMILES string of the molecule is NC1=NC2C(CS(=O)C2CCCCC(=O)O)N1. The quantitative estimate of drug-likeness (QED) is 0.573. The van der Waals surface area contributed by atoms with Gasteiger partial charge in [-0.05, 0) is 12.8 Å². The van der Waals surface area contributed by atoms with Gasteiger partial charge in [0.2, 0.25) is 0 Å². The number of aliphatic imine (C=N–C) groups is 1. The zero-order chi connectivity index (χ0) is 12.4. The van der Waals surface area contributed by atoms with Crippen LogP contribution in [-0.4, -0.2) is 44.3 Å². The van der Waals surface area contributed by atoms with E-state index in [0.717, 1.165) is 12.8 Å². The number of nitrogens with two attached hydrogens (primary N) is 1. The molecule has 4 atom stereocenters. The Labute approximate surface area is 102 Å². The molecule has 4 N–H and O–H groups in total. The van der Waals surface area contributed by atoms with Crippen LogP contribution < -0.4 is 11.1 Å². The van der Waals surface area contributed by atoms with Gasteiger partial charge in [0.1, 0.15) is 0 Å². The van der Waals surface area contributed by atoms with E-state index in [0.29, 0.717) is 18.1 Å². The molecule has 2 heterocycles. The molecule has 0 aromatic carbocycles. The number of hydrogen-bond acceptors (Lipinski definition) is 5. The Balaban J connectivity index is 1.83. The number of aliphatic carboxylic acids is 1. The summed E-state index contributed by atoms with van der Waals surface area (Å²) in [6, 6.07) is 0.126. The maximum absolute atomic E-state index is 11.9. The van der Waals surface area contributed by atoms with Gasteiger partial charge >= 0.3 is 5.97 Å². The minimum atomic E-state index is -0.871. The normalized spacial score (nSPS) is 35.2. The number of rotatable bonds is 5. The molecule has 0 spiro atoms. The van der Waals surface area contributed by atoms with Crippen LogP contribution in [0.2, 0.25) is 0 Å². The van der Waals surface area contributed by atoms with Crippen molar-refractivity contribution in [3.05, 3.63) is 0 Å². The number of carboxylic acids is 1. The summed E-state index contributed by atoms with van der Waals surface area (Å²) in [4.78, 5) is 14.6. The van der Waals surface area contributed by atoms with E-state index in [-0.39, 0.29) is 23.8 Å². The van der Waals surface area contributed by atoms with Gasteiger partial charge in [-0.1, -0.05) is 6.42 Å². The number of guanidine groups is 1. The Bertz CT molecular complexity index is 372. The molecule has 0 aromatic heterocycles. The summed E-state index contributed by atoms with van der Waals surface area (Å²) < 4.78 is 11.9. The van der Waals surface area contributed by atoms with Crippen molar-refractivity contribution < 1.29 is 14.1 Å². The molecule has 2 aliphatic rings. The average Bonchev–Trinajstić information content (AvgIpc) is 2.69. The third kappa shape index (κ3) is 2.77. The first kappa shape index (κ1) is 12.3. The van der Waals surface area contributed by atoms with Crippen LogP contribution >= 0.6 is 0 Å². The maximum Gasteiger partial charge on any atom is 0.303 e. The fourth-order valence-electron chi connectivity index (χ4n) is 2.43. The van der Waals surface area contributed by atoms with Crippen LogP contribution in [-0.2, 0) is 15.6 Å². The van der Waals surface area contributed by atoms with Crippen molar-refractivity contribution in [2.75, 3.05) is 5.75 Å². The van der Waals surface area contributed by atoms with E-state index in [2.05, 4.69) is 10.3 Å². The highest BCUT2D eigenvalue weighted by molar-refractivity contribution is 7.86. The Morgan fingerprint density at radius 3 is 3.06 bits per heavy atom. The second-order valence-corrected chi connectivity index (χ2v) is 6.18. The molecule has 0 saturated carbocycles. The fourth-order valence-corrected chi connectivity index (χ4v) is 4.30. The largest absolute Gasteiger partial charge is 0.481 e. The number of hydrogen-bond donors (Lipinski definition) is 3. The molecule has 6 nitrogen and oxygen atoms in total. The zero-order valence-electron chi connectivity index (χ0n) is 9.46. The smallest absolute Gasteiger partial charge is 0.303 e. The first-order chi connectivity index (χ1) is 8.08. The first-order valence-electron chi connectivity index (χ1n) is 5.76. The molecule has 96 valence electrons. The van der Waals surface area contributed by atoms with Crippen molar-refractivity contribution in [1.82, 2.24) is 5.32 Å². The summed E-state index contributed by atoms with van der Waals surface area (Å²) in [6.07, 6.45) is 2.35. The number of nitrogens with zero attached hydrogens (tertiary/aromatic N) is 1. The average molecular weight is 259 g/mol. The van der Waals surface area contributed by atoms with Crippen molar-refractivity contribution in [3.63, 3.8) is 0 Å². The molecule has 0 bridgehead atoms. The fraction of sp³-hybridized carbons (Fsp3) is 0.800. The molecule has 7 heteroatoms. The third-order valence-electron chi connectivity index (χ3n) is 3.23. The second kappa shape index (κ2) is 5.03. The molecule has 0 amide bonds. The minimum Gasteiger partial charge on any atom is -0.481 e. The first-order valence-corrected chi connectivity index (χ1v) is 7.15. The Morgan fingerprint density at radius 1 is 1.59 bits per heavy atom. The van der Waals surface area contributed by atoms with Crippen LogP contribution in [0, 0.1) is 0 Å². The monoisotopic (exact) mass is 259 g/mol. The predicted molar refractivity (Wildman–Crippen MR) is 65.2 cm³/mol. The van der Waals surface area contributed by atoms with Crippen LogP contribution in [0.1, 0.15) is 25.7 Å². The Morgan fingerprint density at radius 2 is 2.35 bits per heavy atom. The summed E-state index contributed by atoms with van der Waals surface area (Å²) in [5.74, 6) is 0.255. The summed E-state index contributed by atoms with van der Waals surface area (Å²) in [5.41, 5.74) is 5.59. The van der Waals surface area contributed by atoms with Crippen molar-refractivity contribution in [3.8, 4) is 0 Å². The highest BCUT2D eigenvalue weighted by atomic mass is 32.2. The van der Waals surface area contributed by atoms with Crippen molar-refractivity contribution in [2.24, 2.45) is 10.7 Å². The van der Waals surface area contributed by atoms with E-state index in [1.165, 1.54) is 0 Å². The zero-order valence-corrected chi connectivity index (χ0v) is 10.3. The lowest BCUT2D eigenvalue weighted by Crippen LogP contribution is -2.38. The second-order valence-electron chi connectivity index (χ2n) is 4.48. The molecule has 0 aromatic rings. The van der Waals surface area contributed by atoms with Crippen LogP contribution in [0.15, 0.2) is 4.99 Å². The van der Waals surface area contributed by atoms with Gasteiger partial charge in [-0.25, -0.2) is 4.99 Å². The Hall–Kier alpha value is -1.11. The maximum atomic E-state index is 11.9. The lowest BCUT2D eigenvalue weighted by Gasteiger charge is -2.13. The van der Waals surface area contributed by atoms with E-state index in [1.807, 2.05) is 0 Å². The molecule has 2 aliphatic heterocycles. The third-order valence-corrected chi connectivity index (χ3v) is 5.10. The summed E-state index contributed by atoms with van der Waals surface area (Å²) in [7, 11) is -0.871. The van der Waals surface area contributed by atoms with Gasteiger partial charge in [0.05, 0.1) is 17.3 Å². The summed E-state index contributed by atoms with van der Waals surface area (Å²) in [6.45, 7) is 0. The summed E-state index contributed by atoms with van der Waals surface area (Å²) >= 11 is 0. The Kier molecular flexibility index (Phi) is 3.66. The standard InChI is InChI=1S/C10H17N3O3S/c11-10-12-6-5-17(16)7(9(6)13-10)3-1-2-4-8(14)15/h6-7,9H,1-5H2,(H,14,15)(H3,11,12,13). The summed E-state index contributed by atoms with van der Waals surface area (Å²) in [5, 5.41) is 11.6. The molecule has 2 rings (SSSR count). The van der Waals surface area contributed by atoms with E-state index in [9.17, 15) is 9.00 Å². The highest BCUT2D eigenvalue weighted by Gasteiger charge is 2.44. The lowest BCUT2D eigenvalue weighted by atomic mass is 10.0. The number of carbonyl (C=O) groups is 1. The van der Waals surface area contributed by atoms with E-state index < -0.39 is 16.8 Å². The molecular formula is C10H17N3O3S. The minimum absolute atomic E-state index is 0.0145. The van der Waals surface area contributed by atoms with Gasteiger partial charge < -0.3 is 16.2 Å². The molecule has 0 radical (unpaired) electrons. The van der Waals surface area contributed by atoms with Crippen LogP contribution in [0.5, 0.6) is 0 Å². The van der Waals surface area contributed by atoms with Crippen molar-refractivity contribution in [2.45, 2.75) is 43.0 Å².